The predicted octanol–water partition coefficient (Wildman–Crippen LogP) is 2.27. The quantitative estimate of drug-likeness (QED) is 0.702. The van der Waals surface area contributed by atoms with E-state index in [1.807, 2.05) is 26.8 Å². The number of carbonyl (C=O) groups is 1. The molecule has 18 heavy (non-hydrogen) atoms. The van der Waals surface area contributed by atoms with E-state index in [1.54, 1.807) is 12.1 Å². The number of aromatic hydroxyl groups is 1. The fourth-order valence-corrected chi connectivity index (χ4v) is 1.74. The van der Waals surface area contributed by atoms with Crippen LogP contribution in [0.25, 0.3) is 0 Å². The van der Waals surface area contributed by atoms with Gasteiger partial charge in [0.2, 0.25) is 5.91 Å². The minimum absolute atomic E-state index is 0.0669. The molecule has 1 amide bonds. The maximum atomic E-state index is 11.9. The molecule has 0 radical (unpaired) electrons. The normalized spacial score (nSPS) is 12.5. The zero-order valence-electron chi connectivity index (χ0n) is 11.2. The van der Waals surface area contributed by atoms with Gasteiger partial charge in [0.15, 0.2) is 0 Å². The van der Waals surface area contributed by atoms with Crippen molar-refractivity contribution in [3.8, 4) is 5.75 Å². The molecule has 4 nitrogen and oxygen atoms in total. The van der Waals surface area contributed by atoms with E-state index in [-0.39, 0.29) is 11.7 Å². The molecule has 0 spiro atoms. The van der Waals surface area contributed by atoms with Gasteiger partial charge in [-0.3, -0.25) is 4.79 Å². The predicted molar refractivity (Wildman–Crippen MR) is 73.5 cm³/mol. The average molecular weight is 250 g/mol. The lowest BCUT2D eigenvalue weighted by Gasteiger charge is -2.15. The number of amides is 1. The highest BCUT2D eigenvalue weighted by atomic mass is 16.3. The van der Waals surface area contributed by atoms with Crippen LogP contribution in [0.5, 0.6) is 5.75 Å². The van der Waals surface area contributed by atoms with Crippen LogP contribution >= 0.6 is 0 Å². The van der Waals surface area contributed by atoms with Crippen LogP contribution in [-0.4, -0.2) is 17.1 Å². The fraction of sp³-hybridized carbons (Fsp3) is 0.500. The number of phenolic OH excluding ortho intramolecular Hbond substituents is 1. The van der Waals surface area contributed by atoms with Crippen molar-refractivity contribution in [1.82, 2.24) is 0 Å². The van der Waals surface area contributed by atoms with E-state index in [9.17, 15) is 9.90 Å². The summed E-state index contributed by atoms with van der Waals surface area (Å²) in [6.45, 7) is 6.05. The molecular formula is C14H22N2O2. The Hall–Kier alpha value is -1.55. The summed E-state index contributed by atoms with van der Waals surface area (Å²) < 4.78 is 0. The summed E-state index contributed by atoms with van der Waals surface area (Å²) in [7, 11) is 0. The highest BCUT2D eigenvalue weighted by Crippen LogP contribution is 2.24. The maximum Gasteiger partial charge on any atom is 0.241 e. The highest BCUT2D eigenvalue weighted by molar-refractivity contribution is 5.95. The van der Waals surface area contributed by atoms with Crippen LogP contribution in [0.15, 0.2) is 18.2 Å². The molecule has 1 rings (SSSR count). The zero-order chi connectivity index (χ0) is 13.7. The van der Waals surface area contributed by atoms with Crippen molar-refractivity contribution in [2.24, 2.45) is 11.7 Å². The van der Waals surface area contributed by atoms with Crippen molar-refractivity contribution in [1.29, 1.82) is 0 Å². The molecule has 0 saturated carbocycles. The van der Waals surface area contributed by atoms with E-state index in [1.165, 1.54) is 0 Å². The molecule has 0 bridgehead atoms. The van der Waals surface area contributed by atoms with Gasteiger partial charge in [0.1, 0.15) is 5.75 Å². The van der Waals surface area contributed by atoms with Crippen molar-refractivity contribution in [2.45, 2.75) is 39.7 Å². The topological polar surface area (TPSA) is 75.3 Å². The Morgan fingerprint density at radius 2 is 2.11 bits per heavy atom. The number of nitrogens with one attached hydrogen (secondary N) is 1. The number of benzene rings is 1. The summed E-state index contributed by atoms with van der Waals surface area (Å²) in [5, 5.41) is 12.4. The van der Waals surface area contributed by atoms with Crippen LogP contribution in [0.4, 0.5) is 5.69 Å². The van der Waals surface area contributed by atoms with Crippen molar-refractivity contribution in [2.75, 3.05) is 5.32 Å². The number of rotatable bonds is 5. The number of aryl methyl sites for hydroxylation is 1. The minimum atomic E-state index is -0.547. The Morgan fingerprint density at radius 3 is 2.67 bits per heavy atom. The molecule has 0 aromatic heterocycles. The van der Waals surface area contributed by atoms with Gasteiger partial charge in [0.05, 0.1) is 11.7 Å². The minimum Gasteiger partial charge on any atom is -0.506 e. The second-order valence-electron chi connectivity index (χ2n) is 4.93. The second-order valence-corrected chi connectivity index (χ2v) is 4.93. The van der Waals surface area contributed by atoms with Crippen molar-refractivity contribution < 1.29 is 9.90 Å². The number of hydrogen-bond donors (Lipinski definition) is 3. The van der Waals surface area contributed by atoms with Gasteiger partial charge < -0.3 is 16.2 Å². The summed E-state index contributed by atoms with van der Waals surface area (Å²) in [5.74, 6) is 0.172. The highest BCUT2D eigenvalue weighted by Gasteiger charge is 2.16. The van der Waals surface area contributed by atoms with Gasteiger partial charge in [-0.05, 0) is 36.5 Å². The second kappa shape index (κ2) is 6.40. The summed E-state index contributed by atoms with van der Waals surface area (Å²) in [6, 6.07) is 4.64. The van der Waals surface area contributed by atoms with E-state index in [4.69, 9.17) is 5.73 Å². The first-order chi connectivity index (χ1) is 8.43. The SMILES string of the molecule is CCc1ccc(O)c(NC(=O)[C@H](N)CC(C)C)c1. The van der Waals surface area contributed by atoms with Crippen LogP contribution in [0.1, 0.15) is 32.8 Å². The van der Waals surface area contributed by atoms with E-state index in [0.29, 0.717) is 18.0 Å². The molecule has 0 aliphatic rings. The lowest BCUT2D eigenvalue weighted by atomic mass is 10.0. The lowest BCUT2D eigenvalue weighted by molar-refractivity contribution is -0.117. The van der Waals surface area contributed by atoms with Gasteiger partial charge in [-0.2, -0.15) is 0 Å². The molecule has 0 aliphatic carbocycles. The van der Waals surface area contributed by atoms with Gasteiger partial charge in [-0.25, -0.2) is 0 Å². The molecule has 0 unspecified atom stereocenters. The fourth-order valence-electron chi connectivity index (χ4n) is 1.74. The number of carbonyl (C=O) groups excluding carboxylic acids is 1. The third-order valence-corrected chi connectivity index (χ3v) is 2.79. The van der Waals surface area contributed by atoms with E-state index in [2.05, 4.69) is 5.32 Å². The van der Waals surface area contributed by atoms with Gasteiger partial charge in [0, 0.05) is 0 Å². The summed E-state index contributed by atoms with van der Waals surface area (Å²) in [6.07, 6.45) is 1.47. The number of phenols is 1. The molecular weight excluding hydrogens is 228 g/mol. The van der Waals surface area contributed by atoms with Crippen LogP contribution in [-0.2, 0) is 11.2 Å². The van der Waals surface area contributed by atoms with E-state index in [0.717, 1.165) is 12.0 Å². The Morgan fingerprint density at radius 1 is 1.44 bits per heavy atom. The first-order valence-electron chi connectivity index (χ1n) is 6.32. The molecule has 1 atom stereocenters. The Balaban J connectivity index is 2.74. The van der Waals surface area contributed by atoms with Gasteiger partial charge in [-0.1, -0.05) is 26.8 Å². The van der Waals surface area contributed by atoms with Crippen LogP contribution in [0.3, 0.4) is 0 Å². The first kappa shape index (κ1) is 14.5. The molecule has 0 saturated heterocycles. The number of nitrogens with two attached hydrogens (primary N) is 1. The molecule has 1 aromatic carbocycles. The lowest BCUT2D eigenvalue weighted by Crippen LogP contribution is -2.36. The first-order valence-corrected chi connectivity index (χ1v) is 6.32. The van der Waals surface area contributed by atoms with Crippen LogP contribution in [0, 0.1) is 5.92 Å². The number of hydrogen-bond acceptors (Lipinski definition) is 3. The Kier molecular flexibility index (Phi) is 5.16. The van der Waals surface area contributed by atoms with Gasteiger partial charge >= 0.3 is 0 Å². The van der Waals surface area contributed by atoms with Crippen LogP contribution < -0.4 is 11.1 Å². The van der Waals surface area contributed by atoms with E-state index < -0.39 is 6.04 Å². The Bertz CT molecular complexity index is 416. The smallest absolute Gasteiger partial charge is 0.241 e. The van der Waals surface area contributed by atoms with E-state index >= 15 is 0 Å². The largest absolute Gasteiger partial charge is 0.506 e. The monoisotopic (exact) mass is 250 g/mol. The zero-order valence-corrected chi connectivity index (χ0v) is 11.2. The van der Waals surface area contributed by atoms with Crippen molar-refractivity contribution >= 4 is 11.6 Å². The third kappa shape index (κ3) is 4.04. The third-order valence-electron chi connectivity index (χ3n) is 2.79. The summed E-state index contributed by atoms with van der Waals surface area (Å²) >= 11 is 0. The van der Waals surface area contributed by atoms with Crippen LogP contribution in [0.2, 0.25) is 0 Å². The average Bonchev–Trinajstić information content (AvgIpc) is 2.31. The number of anilines is 1. The van der Waals surface area contributed by atoms with Crippen molar-refractivity contribution in [3.05, 3.63) is 23.8 Å². The maximum absolute atomic E-state index is 11.9. The molecule has 4 N–H and O–H groups in total. The summed E-state index contributed by atoms with van der Waals surface area (Å²) in [4.78, 5) is 11.9. The molecule has 0 aliphatic heterocycles. The molecule has 100 valence electrons. The summed E-state index contributed by atoms with van der Waals surface area (Å²) in [5.41, 5.74) is 7.28. The Labute approximate surface area is 108 Å². The van der Waals surface area contributed by atoms with Gasteiger partial charge in [-0.15, -0.1) is 0 Å². The molecule has 0 fully saturated rings. The van der Waals surface area contributed by atoms with Gasteiger partial charge in [0.25, 0.3) is 0 Å². The standard InChI is InChI=1S/C14H22N2O2/c1-4-10-5-6-13(17)12(8-10)16-14(18)11(15)7-9(2)3/h5-6,8-9,11,17H,4,7,15H2,1-3H3,(H,16,18)/t11-/m1/s1. The molecule has 4 heteroatoms. The molecule has 0 heterocycles. The molecule has 1 aromatic rings. The van der Waals surface area contributed by atoms with Crippen molar-refractivity contribution in [3.63, 3.8) is 0 Å².